The lowest BCUT2D eigenvalue weighted by Gasteiger charge is -2.36. The van der Waals surface area contributed by atoms with Crippen LogP contribution in [0, 0.1) is 0 Å². The van der Waals surface area contributed by atoms with E-state index in [1.165, 1.54) is 16.3 Å². The highest BCUT2D eigenvalue weighted by molar-refractivity contribution is 14.0. The third-order valence-corrected chi connectivity index (χ3v) is 7.08. The Balaban J connectivity index is 0.00000272. The van der Waals surface area contributed by atoms with Gasteiger partial charge in [0.1, 0.15) is 0 Å². The number of aliphatic imine (C=N–C) groups is 1. The van der Waals surface area contributed by atoms with Gasteiger partial charge in [-0.2, -0.15) is 0 Å². The molecule has 2 atom stereocenters. The Labute approximate surface area is 207 Å². The van der Waals surface area contributed by atoms with Gasteiger partial charge in [0.2, 0.25) is 0 Å². The number of morpholine rings is 1. The zero-order chi connectivity index (χ0) is 20.9. The van der Waals surface area contributed by atoms with Crippen molar-refractivity contribution >= 4 is 41.3 Å². The first-order valence-corrected chi connectivity index (χ1v) is 11.8. The van der Waals surface area contributed by atoms with Gasteiger partial charge in [-0.05, 0) is 5.56 Å². The fourth-order valence-electron chi connectivity index (χ4n) is 4.28. The van der Waals surface area contributed by atoms with Crippen LogP contribution in [0.5, 0.6) is 0 Å². The van der Waals surface area contributed by atoms with Crippen LogP contribution < -0.4 is 5.32 Å². The third-order valence-electron chi connectivity index (χ3n) is 5.88. The summed E-state index contributed by atoms with van der Waals surface area (Å²) in [6.45, 7) is 9.84. The second-order valence-corrected chi connectivity index (χ2v) is 9.28. The first-order chi connectivity index (χ1) is 14.6. The van der Waals surface area contributed by atoms with E-state index in [2.05, 4.69) is 69.7 Å². The van der Waals surface area contributed by atoms with Crippen LogP contribution in [0.25, 0.3) is 0 Å². The van der Waals surface area contributed by atoms with Gasteiger partial charge in [-0.1, -0.05) is 44.2 Å². The molecule has 1 aromatic heterocycles. The summed E-state index contributed by atoms with van der Waals surface area (Å²) in [6, 6.07) is 11.1. The quantitative estimate of drug-likeness (QED) is 0.336. The van der Waals surface area contributed by atoms with Crippen molar-refractivity contribution in [1.29, 1.82) is 0 Å². The highest BCUT2D eigenvalue weighted by Crippen LogP contribution is 2.25. The van der Waals surface area contributed by atoms with Crippen molar-refractivity contribution in [3.05, 3.63) is 52.0 Å². The first kappa shape index (κ1) is 24.4. The molecule has 1 aromatic carbocycles. The normalized spacial score (nSPS) is 21.8. The van der Waals surface area contributed by atoms with E-state index < -0.39 is 0 Å². The fourth-order valence-corrected chi connectivity index (χ4v) is 5.15. The minimum Gasteiger partial charge on any atom is -0.373 e. The lowest BCUT2D eigenvalue weighted by molar-refractivity contribution is -0.0502. The zero-order valence-electron chi connectivity index (χ0n) is 18.7. The molecule has 0 bridgehead atoms. The standard InChI is InChI=1S/C23H33N5OS.HI/c1-17(2)22-26-19(16-30-22)9-10-25-23(24-3)28-14-20-21(15-28)29-12-11-27(20)13-18-7-5-4-6-8-18;/h4-8,16-17,20-21H,9-15H2,1-3H3,(H,24,25);1H. The van der Waals surface area contributed by atoms with Crippen molar-refractivity contribution < 1.29 is 4.74 Å². The Morgan fingerprint density at radius 2 is 2.10 bits per heavy atom. The van der Waals surface area contributed by atoms with Crippen LogP contribution in [0.2, 0.25) is 0 Å². The Hall–Kier alpha value is -1.23. The number of ether oxygens (including phenoxy) is 1. The van der Waals surface area contributed by atoms with Crippen molar-refractivity contribution in [2.24, 2.45) is 4.99 Å². The molecule has 2 aliphatic heterocycles. The predicted octanol–water partition coefficient (Wildman–Crippen LogP) is 3.59. The van der Waals surface area contributed by atoms with Crippen molar-refractivity contribution in [3.63, 3.8) is 0 Å². The second-order valence-electron chi connectivity index (χ2n) is 8.39. The number of halogens is 1. The topological polar surface area (TPSA) is 53.0 Å². The molecule has 8 heteroatoms. The van der Waals surface area contributed by atoms with E-state index in [1.54, 1.807) is 11.3 Å². The minimum atomic E-state index is 0. The number of benzene rings is 1. The van der Waals surface area contributed by atoms with Gasteiger partial charge in [0.25, 0.3) is 0 Å². The molecule has 0 aliphatic carbocycles. The molecule has 6 nitrogen and oxygen atoms in total. The fraction of sp³-hybridized carbons (Fsp3) is 0.565. The average Bonchev–Trinajstić information content (AvgIpc) is 3.40. The lowest BCUT2D eigenvalue weighted by Crippen LogP contribution is -2.50. The van der Waals surface area contributed by atoms with Crippen LogP contribution in [0.1, 0.15) is 36.0 Å². The second kappa shape index (κ2) is 11.6. The maximum Gasteiger partial charge on any atom is 0.193 e. The van der Waals surface area contributed by atoms with Gasteiger partial charge in [-0.25, -0.2) is 4.98 Å². The molecule has 0 saturated carbocycles. The van der Waals surface area contributed by atoms with Gasteiger partial charge in [-0.15, -0.1) is 35.3 Å². The molecular formula is C23H34IN5OS. The van der Waals surface area contributed by atoms with E-state index in [0.29, 0.717) is 12.0 Å². The number of hydrogen-bond donors (Lipinski definition) is 1. The van der Waals surface area contributed by atoms with Gasteiger partial charge in [-0.3, -0.25) is 9.89 Å². The number of aromatic nitrogens is 1. The van der Waals surface area contributed by atoms with Crippen LogP contribution in [-0.2, 0) is 17.7 Å². The predicted molar refractivity (Wildman–Crippen MR) is 139 cm³/mol. The highest BCUT2D eigenvalue weighted by atomic mass is 127. The zero-order valence-corrected chi connectivity index (χ0v) is 21.8. The van der Waals surface area contributed by atoms with E-state index >= 15 is 0 Å². The molecule has 2 unspecified atom stereocenters. The molecular weight excluding hydrogens is 521 g/mol. The molecule has 0 radical (unpaired) electrons. The van der Waals surface area contributed by atoms with Crippen molar-refractivity contribution in [1.82, 2.24) is 20.1 Å². The molecule has 2 saturated heterocycles. The Morgan fingerprint density at radius 1 is 1.29 bits per heavy atom. The number of nitrogens with one attached hydrogen (secondary N) is 1. The molecule has 2 fully saturated rings. The Kier molecular flexibility index (Phi) is 9.12. The number of thiazole rings is 1. The van der Waals surface area contributed by atoms with E-state index in [4.69, 9.17) is 9.72 Å². The summed E-state index contributed by atoms with van der Waals surface area (Å²) < 4.78 is 6.12. The number of hydrogen-bond acceptors (Lipinski definition) is 5. The van der Waals surface area contributed by atoms with Crippen LogP contribution in [0.4, 0.5) is 0 Å². The lowest BCUT2D eigenvalue weighted by atomic mass is 10.1. The molecule has 0 spiro atoms. The summed E-state index contributed by atoms with van der Waals surface area (Å²) in [7, 11) is 1.87. The van der Waals surface area contributed by atoms with Gasteiger partial charge >= 0.3 is 0 Å². The summed E-state index contributed by atoms with van der Waals surface area (Å²) in [5, 5.41) is 6.94. The van der Waals surface area contributed by atoms with Gasteiger partial charge < -0.3 is 15.0 Å². The number of nitrogens with zero attached hydrogens (tertiary/aromatic N) is 4. The molecule has 1 N–H and O–H groups in total. The number of likely N-dealkylation sites (tertiary alicyclic amines) is 1. The van der Waals surface area contributed by atoms with Crippen LogP contribution in [0.3, 0.4) is 0 Å². The minimum absolute atomic E-state index is 0. The van der Waals surface area contributed by atoms with Crippen molar-refractivity contribution in [2.45, 2.75) is 44.9 Å². The van der Waals surface area contributed by atoms with E-state index in [9.17, 15) is 0 Å². The first-order valence-electron chi connectivity index (χ1n) is 10.9. The molecule has 170 valence electrons. The Morgan fingerprint density at radius 3 is 2.81 bits per heavy atom. The largest absolute Gasteiger partial charge is 0.373 e. The molecule has 3 heterocycles. The molecule has 31 heavy (non-hydrogen) atoms. The van der Waals surface area contributed by atoms with E-state index in [0.717, 1.165) is 51.7 Å². The average molecular weight is 556 g/mol. The molecule has 4 rings (SSSR count). The van der Waals surface area contributed by atoms with Crippen molar-refractivity contribution in [2.75, 3.05) is 39.8 Å². The summed E-state index contributed by atoms with van der Waals surface area (Å²) in [5.74, 6) is 1.46. The van der Waals surface area contributed by atoms with E-state index in [1.807, 2.05) is 7.05 Å². The van der Waals surface area contributed by atoms with E-state index in [-0.39, 0.29) is 30.1 Å². The number of rotatable bonds is 6. The third kappa shape index (κ3) is 6.18. The van der Waals surface area contributed by atoms with Crippen LogP contribution >= 0.6 is 35.3 Å². The summed E-state index contributed by atoms with van der Waals surface area (Å²) in [5.41, 5.74) is 2.53. The summed E-state index contributed by atoms with van der Waals surface area (Å²) >= 11 is 1.76. The van der Waals surface area contributed by atoms with Crippen LogP contribution in [-0.4, -0.2) is 72.7 Å². The van der Waals surface area contributed by atoms with Crippen LogP contribution in [0.15, 0.2) is 40.7 Å². The SMILES string of the molecule is CN=C(NCCc1csc(C(C)C)n1)N1CC2OCCN(Cc3ccccc3)C2C1.I. The Bertz CT molecular complexity index is 844. The molecule has 2 aliphatic rings. The van der Waals surface area contributed by atoms with Gasteiger partial charge in [0, 0.05) is 57.5 Å². The highest BCUT2D eigenvalue weighted by Gasteiger charge is 2.41. The number of fused-ring (bicyclic) bond motifs is 1. The maximum absolute atomic E-state index is 6.12. The smallest absolute Gasteiger partial charge is 0.193 e. The molecule has 2 aromatic rings. The maximum atomic E-state index is 6.12. The van der Waals surface area contributed by atoms with Gasteiger partial charge in [0.15, 0.2) is 5.96 Å². The molecule has 0 amide bonds. The van der Waals surface area contributed by atoms with Gasteiger partial charge in [0.05, 0.1) is 29.5 Å². The summed E-state index contributed by atoms with van der Waals surface area (Å²) in [4.78, 5) is 14.2. The monoisotopic (exact) mass is 555 g/mol. The number of guanidine groups is 1. The van der Waals surface area contributed by atoms with Crippen molar-refractivity contribution in [3.8, 4) is 0 Å². The summed E-state index contributed by atoms with van der Waals surface area (Å²) in [6.07, 6.45) is 1.16.